The molecule has 2 rings (SSSR count). The zero-order chi connectivity index (χ0) is 17.4. The Hall–Kier alpha value is -0.600. The molecule has 0 aromatic rings. The third kappa shape index (κ3) is 3.74. The second-order valence-electron chi connectivity index (χ2n) is 9.15. The Bertz CT molecular complexity index is 479. The molecule has 2 aliphatic rings. The monoisotopic (exact) mass is 320 g/mol. The van der Waals surface area contributed by atoms with Gasteiger partial charge in [0.2, 0.25) is 0 Å². The Morgan fingerprint density at radius 1 is 1.13 bits per heavy atom. The molecule has 132 valence electrons. The minimum absolute atomic E-state index is 0.0187. The number of fused-ring (bicyclic) bond motifs is 1. The molecule has 0 radical (unpaired) electrons. The third-order valence-electron chi connectivity index (χ3n) is 6.68. The summed E-state index contributed by atoms with van der Waals surface area (Å²) in [6, 6.07) is 0. The van der Waals surface area contributed by atoms with Crippen molar-refractivity contribution in [2.24, 2.45) is 22.7 Å². The van der Waals surface area contributed by atoms with E-state index in [0.717, 1.165) is 0 Å². The van der Waals surface area contributed by atoms with Crippen molar-refractivity contribution in [2.45, 2.75) is 86.5 Å². The Morgan fingerprint density at radius 3 is 2.39 bits per heavy atom. The van der Waals surface area contributed by atoms with Crippen LogP contribution in [0.5, 0.6) is 0 Å². The Kier molecular flexibility index (Phi) is 5.48. The van der Waals surface area contributed by atoms with Crippen LogP contribution in [0.1, 0.15) is 74.1 Å². The summed E-state index contributed by atoms with van der Waals surface area (Å²) in [5.74, 6) is 1.21. The number of aliphatic hydroxyl groups excluding tert-OH is 1. The molecule has 0 spiro atoms. The smallest absolute Gasteiger partial charge is 0.160 e. The van der Waals surface area contributed by atoms with Crippen molar-refractivity contribution in [3.63, 3.8) is 0 Å². The first-order valence-corrected chi connectivity index (χ1v) is 9.29. The van der Waals surface area contributed by atoms with Gasteiger partial charge in [-0.25, -0.2) is 0 Å². The summed E-state index contributed by atoms with van der Waals surface area (Å²) in [4.78, 5) is 0. The Labute approximate surface area is 143 Å². The highest BCUT2D eigenvalue weighted by Gasteiger charge is 2.41. The largest absolute Gasteiger partial charge is 0.367 e. The summed E-state index contributed by atoms with van der Waals surface area (Å²) >= 11 is 0. The molecule has 0 aliphatic heterocycles. The van der Waals surface area contributed by atoms with Crippen LogP contribution in [0.4, 0.5) is 0 Å². The van der Waals surface area contributed by atoms with Gasteiger partial charge in [-0.2, -0.15) is 0 Å². The number of allylic oxidation sites excluding steroid dienone is 3. The summed E-state index contributed by atoms with van der Waals surface area (Å²) in [6.07, 6.45) is 9.01. The number of rotatable bonds is 4. The summed E-state index contributed by atoms with van der Waals surface area (Å²) in [5, 5.41) is 10.7. The van der Waals surface area contributed by atoms with E-state index in [4.69, 9.17) is 4.74 Å². The molecule has 0 aromatic heterocycles. The maximum atomic E-state index is 10.7. The van der Waals surface area contributed by atoms with E-state index in [1.165, 1.54) is 31.3 Å². The van der Waals surface area contributed by atoms with E-state index in [0.29, 0.717) is 11.8 Å². The van der Waals surface area contributed by atoms with Gasteiger partial charge in [-0.15, -0.1) is 0 Å². The zero-order valence-electron chi connectivity index (χ0n) is 16.1. The number of hydrogen-bond acceptors (Lipinski definition) is 2. The van der Waals surface area contributed by atoms with E-state index in [9.17, 15) is 5.11 Å². The molecule has 0 amide bonds. The van der Waals surface area contributed by atoms with Gasteiger partial charge < -0.3 is 9.84 Å². The van der Waals surface area contributed by atoms with Gasteiger partial charge in [0.1, 0.15) is 0 Å². The minimum Gasteiger partial charge on any atom is -0.367 e. The number of aliphatic hydroxyl groups is 1. The molecule has 2 nitrogen and oxygen atoms in total. The number of ether oxygens (including phenoxy) is 1. The first-order valence-electron chi connectivity index (χ1n) is 9.29. The molecule has 0 bridgehead atoms. The molecule has 0 aromatic carbocycles. The molecule has 2 heteroatoms. The van der Waals surface area contributed by atoms with Gasteiger partial charge >= 0.3 is 0 Å². The summed E-state index contributed by atoms with van der Waals surface area (Å²) in [7, 11) is 0. The maximum Gasteiger partial charge on any atom is 0.160 e. The molecule has 4 unspecified atom stereocenters. The summed E-state index contributed by atoms with van der Waals surface area (Å²) in [6.45, 7) is 15.1. The van der Waals surface area contributed by atoms with E-state index in [-0.39, 0.29) is 16.9 Å². The van der Waals surface area contributed by atoms with Crippen molar-refractivity contribution in [3.8, 4) is 0 Å². The summed E-state index contributed by atoms with van der Waals surface area (Å²) < 4.78 is 6.09. The molecule has 1 saturated carbocycles. The first kappa shape index (κ1) is 18.7. The van der Waals surface area contributed by atoms with Crippen molar-refractivity contribution in [1.29, 1.82) is 0 Å². The lowest BCUT2D eigenvalue weighted by Gasteiger charge is -2.44. The van der Waals surface area contributed by atoms with Crippen molar-refractivity contribution < 1.29 is 9.84 Å². The third-order valence-corrected chi connectivity index (χ3v) is 6.68. The topological polar surface area (TPSA) is 29.5 Å². The van der Waals surface area contributed by atoms with Crippen molar-refractivity contribution in [3.05, 3.63) is 23.3 Å². The lowest BCUT2D eigenvalue weighted by atomic mass is 9.68. The van der Waals surface area contributed by atoms with Gasteiger partial charge in [0.05, 0.1) is 6.10 Å². The predicted octanol–water partition coefficient (Wildman–Crippen LogP) is 5.47. The highest BCUT2D eigenvalue weighted by Crippen LogP contribution is 2.44. The van der Waals surface area contributed by atoms with Crippen LogP contribution in [0, 0.1) is 22.7 Å². The van der Waals surface area contributed by atoms with Crippen LogP contribution < -0.4 is 0 Å². The van der Waals surface area contributed by atoms with Gasteiger partial charge in [0.25, 0.3) is 0 Å². The lowest BCUT2D eigenvalue weighted by Crippen LogP contribution is -2.44. The van der Waals surface area contributed by atoms with Gasteiger partial charge in [0, 0.05) is 5.41 Å². The second-order valence-corrected chi connectivity index (χ2v) is 9.15. The van der Waals surface area contributed by atoms with E-state index in [1.54, 1.807) is 5.57 Å². The van der Waals surface area contributed by atoms with Crippen LogP contribution in [-0.2, 0) is 4.74 Å². The van der Waals surface area contributed by atoms with Crippen molar-refractivity contribution in [2.75, 3.05) is 0 Å². The quantitative estimate of drug-likeness (QED) is 0.695. The van der Waals surface area contributed by atoms with E-state index >= 15 is 0 Å². The maximum absolute atomic E-state index is 10.7. The number of hydrogen-bond donors (Lipinski definition) is 1. The second kappa shape index (κ2) is 6.72. The molecule has 1 fully saturated rings. The van der Waals surface area contributed by atoms with Crippen molar-refractivity contribution in [1.82, 2.24) is 0 Å². The van der Waals surface area contributed by atoms with Gasteiger partial charge in [-0.1, -0.05) is 65.7 Å². The van der Waals surface area contributed by atoms with Gasteiger partial charge in [-0.05, 0) is 49.0 Å². The minimum atomic E-state index is -0.762. The molecule has 0 heterocycles. The summed E-state index contributed by atoms with van der Waals surface area (Å²) in [5.41, 5.74) is 2.64. The van der Waals surface area contributed by atoms with Crippen LogP contribution in [0.15, 0.2) is 23.3 Å². The predicted molar refractivity (Wildman–Crippen MR) is 97.1 cm³/mol. The highest BCUT2D eigenvalue weighted by molar-refractivity contribution is 5.31. The van der Waals surface area contributed by atoms with Gasteiger partial charge in [0.15, 0.2) is 6.29 Å². The average molecular weight is 321 g/mol. The Morgan fingerprint density at radius 2 is 1.78 bits per heavy atom. The van der Waals surface area contributed by atoms with Gasteiger partial charge in [-0.3, -0.25) is 0 Å². The van der Waals surface area contributed by atoms with Crippen LogP contribution in [0.3, 0.4) is 0 Å². The molecular formula is C21H36O2. The van der Waals surface area contributed by atoms with Crippen molar-refractivity contribution >= 4 is 0 Å². The molecule has 0 saturated heterocycles. The van der Waals surface area contributed by atoms with E-state index in [1.807, 2.05) is 0 Å². The van der Waals surface area contributed by atoms with Crippen LogP contribution >= 0.6 is 0 Å². The van der Waals surface area contributed by atoms with Crippen LogP contribution in [0.25, 0.3) is 0 Å². The Balaban J connectivity index is 2.10. The van der Waals surface area contributed by atoms with E-state index in [2.05, 4.69) is 60.6 Å². The molecule has 23 heavy (non-hydrogen) atoms. The fraction of sp³-hybridized carbons (Fsp3) is 0.810. The van der Waals surface area contributed by atoms with Crippen LogP contribution in [-0.4, -0.2) is 17.5 Å². The van der Waals surface area contributed by atoms with Crippen LogP contribution in [0.2, 0.25) is 0 Å². The first-order chi connectivity index (χ1) is 10.6. The fourth-order valence-electron chi connectivity index (χ4n) is 3.75. The highest BCUT2D eigenvalue weighted by atomic mass is 16.6. The molecular weight excluding hydrogens is 284 g/mol. The normalized spacial score (nSPS) is 28.5. The molecule has 4 atom stereocenters. The van der Waals surface area contributed by atoms with E-state index < -0.39 is 6.29 Å². The lowest BCUT2D eigenvalue weighted by molar-refractivity contribution is -0.209. The fourth-order valence-corrected chi connectivity index (χ4v) is 3.75. The average Bonchev–Trinajstić information content (AvgIpc) is 2.46. The molecule has 1 N–H and O–H groups in total. The molecule has 2 aliphatic carbocycles. The zero-order valence-corrected chi connectivity index (χ0v) is 16.1. The SMILES string of the molecule is CC(OC(O)C(C)(C)C(C)(C)C)C1=CC=C2CCCCC2C1C. The standard InChI is InChI=1S/C21H36O2/c1-14-17(13-12-16-10-8-9-11-18(14)16)15(2)23-19(22)21(6,7)20(3,4)5/h12-15,18-19,22H,8-11H2,1-7H3.